The third-order valence-electron chi connectivity index (χ3n) is 5.11. The fraction of sp³-hybridized carbons (Fsp3) is 0.409. The molecule has 1 saturated heterocycles. The van der Waals surface area contributed by atoms with Crippen molar-refractivity contribution < 1.29 is 13.9 Å². The largest absolute Gasteiger partial charge is 0.496 e. The van der Waals surface area contributed by atoms with Crippen molar-refractivity contribution >= 4 is 11.6 Å². The van der Waals surface area contributed by atoms with Gasteiger partial charge in [-0.05, 0) is 32.2 Å². The smallest absolute Gasteiger partial charge is 0.236 e. The molecule has 0 aromatic heterocycles. The minimum absolute atomic E-state index is 0.0994. The molecule has 0 aliphatic carbocycles. The summed E-state index contributed by atoms with van der Waals surface area (Å²) >= 11 is 0. The van der Waals surface area contributed by atoms with E-state index in [1.54, 1.807) is 19.2 Å². The van der Waals surface area contributed by atoms with Crippen LogP contribution in [0.4, 0.5) is 10.1 Å². The fourth-order valence-electron chi connectivity index (χ4n) is 3.61. The Hall–Kier alpha value is -2.60. The van der Waals surface area contributed by atoms with Crippen molar-refractivity contribution in [2.24, 2.45) is 0 Å². The molecule has 1 aliphatic rings. The normalized spacial score (nSPS) is 14.5. The van der Waals surface area contributed by atoms with Crippen molar-refractivity contribution in [3.05, 3.63) is 59.4 Å². The Morgan fingerprint density at radius 1 is 1.14 bits per heavy atom. The molecule has 0 radical (unpaired) electrons. The zero-order valence-electron chi connectivity index (χ0n) is 16.8. The molecule has 1 aliphatic heterocycles. The fourth-order valence-corrected chi connectivity index (χ4v) is 3.61. The predicted octanol–water partition coefficient (Wildman–Crippen LogP) is 2.92. The number of ether oxygens (including phenoxy) is 1. The molecule has 1 fully saturated rings. The number of likely N-dealkylation sites (N-methyl/N-ethyl adjacent to an activating group) is 1. The van der Waals surface area contributed by atoms with Crippen LogP contribution in [0.3, 0.4) is 0 Å². The molecule has 1 amide bonds. The number of amides is 1. The molecule has 6 heteroatoms. The average molecular weight is 385 g/mol. The predicted molar refractivity (Wildman–Crippen MR) is 109 cm³/mol. The Bertz CT molecular complexity index is 819. The van der Waals surface area contributed by atoms with Crippen LogP contribution in [0.2, 0.25) is 0 Å². The Morgan fingerprint density at radius 3 is 2.54 bits per heavy atom. The molecule has 150 valence electrons. The highest BCUT2D eigenvalue weighted by molar-refractivity contribution is 5.78. The SMILES string of the molecule is COc1ccc(C)cc1CN(C)CC(=O)N1CCN(c2ccccc2F)CC1. The molecule has 0 atom stereocenters. The second-order valence-corrected chi connectivity index (χ2v) is 7.31. The highest BCUT2D eigenvalue weighted by atomic mass is 19.1. The zero-order chi connectivity index (χ0) is 20.1. The molecular weight excluding hydrogens is 357 g/mol. The maximum Gasteiger partial charge on any atom is 0.236 e. The molecule has 1 heterocycles. The quantitative estimate of drug-likeness (QED) is 0.766. The average Bonchev–Trinajstić information content (AvgIpc) is 2.68. The lowest BCUT2D eigenvalue weighted by atomic mass is 10.1. The Morgan fingerprint density at radius 2 is 1.86 bits per heavy atom. The van der Waals surface area contributed by atoms with Crippen LogP contribution in [0.25, 0.3) is 0 Å². The highest BCUT2D eigenvalue weighted by Gasteiger charge is 2.23. The van der Waals surface area contributed by atoms with E-state index in [0.717, 1.165) is 11.3 Å². The van der Waals surface area contributed by atoms with Gasteiger partial charge in [0.25, 0.3) is 0 Å². The Balaban J connectivity index is 1.53. The molecule has 0 unspecified atom stereocenters. The van der Waals surface area contributed by atoms with Crippen molar-refractivity contribution in [1.29, 1.82) is 0 Å². The van der Waals surface area contributed by atoms with Gasteiger partial charge in [-0.3, -0.25) is 9.69 Å². The second-order valence-electron chi connectivity index (χ2n) is 7.31. The van der Waals surface area contributed by atoms with Crippen LogP contribution in [-0.2, 0) is 11.3 Å². The van der Waals surface area contributed by atoms with Gasteiger partial charge in [-0.15, -0.1) is 0 Å². The topological polar surface area (TPSA) is 36.0 Å². The monoisotopic (exact) mass is 385 g/mol. The van der Waals surface area contributed by atoms with E-state index < -0.39 is 0 Å². The molecule has 5 nitrogen and oxygen atoms in total. The summed E-state index contributed by atoms with van der Waals surface area (Å²) in [5, 5.41) is 0. The number of anilines is 1. The van der Waals surface area contributed by atoms with Crippen molar-refractivity contribution in [3.8, 4) is 5.75 Å². The molecule has 2 aromatic rings. The summed E-state index contributed by atoms with van der Waals surface area (Å²) in [5.41, 5.74) is 2.85. The van der Waals surface area contributed by atoms with E-state index >= 15 is 0 Å². The van der Waals surface area contributed by atoms with Crippen LogP contribution in [0.1, 0.15) is 11.1 Å². The van der Waals surface area contributed by atoms with Crippen LogP contribution >= 0.6 is 0 Å². The summed E-state index contributed by atoms with van der Waals surface area (Å²) in [6.45, 7) is 5.53. The maximum atomic E-state index is 14.0. The number of aryl methyl sites for hydroxylation is 1. The molecule has 28 heavy (non-hydrogen) atoms. The first-order valence-corrected chi connectivity index (χ1v) is 9.57. The van der Waals surface area contributed by atoms with Gasteiger partial charge in [-0.1, -0.05) is 29.8 Å². The van der Waals surface area contributed by atoms with E-state index in [4.69, 9.17) is 4.74 Å². The number of rotatable bonds is 6. The van der Waals surface area contributed by atoms with Crippen LogP contribution in [0.15, 0.2) is 42.5 Å². The highest BCUT2D eigenvalue weighted by Crippen LogP contribution is 2.22. The van der Waals surface area contributed by atoms with Gasteiger partial charge in [0, 0.05) is 38.3 Å². The lowest BCUT2D eigenvalue weighted by Gasteiger charge is -2.36. The van der Waals surface area contributed by atoms with Crippen LogP contribution < -0.4 is 9.64 Å². The Labute approximate surface area is 166 Å². The van der Waals surface area contributed by atoms with Gasteiger partial charge in [0.1, 0.15) is 11.6 Å². The van der Waals surface area contributed by atoms with E-state index in [1.807, 2.05) is 46.9 Å². The minimum atomic E-state index is -0.214. The number of benzene rings is 2. The summed E-state index contributed by atoms with van der Waals surface area (Å²) in [6.07, 6.45) is 0. The number of nitrogens with zero attached hydrogens (tertiary/aromatic N) is 3. The second kappa shape index (κ2) is 9.06. The van der Waals surface area contributed by atoms with E-state index in [2.05, 4.69) is 6.07 Å². The lowest BCUT2D eigenvalue weighted by Crippen LogP contribution is -2.51. The molecule has 0 saturated carbocycles. The van der Waals surface area contributed by atoms with Gasteiger partial charge in [0.15, 0.2) is 0 Å². The van der Waals surface area contributed by atoms with Gasteiger partial charge in [0.05, 0.1) is 19.3 Å². The summed E-state index contributed by atoms with van der Waals surface area (Å²) in [7, 11) is 3.60. The third-order valence-corrected chi connectivity index (χ3v) is 5.11. The molecule has 0 bridgehead atoms. The van der Waals surface area contributed by atoms with E-state index in [0.29, 0.717) is 45.0 Å². The third kappa shape index (κ3) is 4.81. The number of para-hydroxylation sites is 1. The summed E-state index contributed by atoms with van der Waals surface area (Å²) in [6, 6.07) is 12.9. The van der Waals surface area contributed by atoms with Gasteiger partial charge in [-0.2, -0.15) is 0 Å². The maximum absolute atomic E-state index is 14.0. The van der Waals surface area contributed by atoms with Crippen molar-refractivity contribution in [3.63, 3.8) is 0 Å². The lowest BCUT2D eigenvalue weighted by molar-refractivity contribution is -0.132. The zero-order valence-corrected chi connectivity index (χ0v) is 16.8. The van der Waals surface area contributed by atoms with Gasteiger partial charge >= 0.3 is 0 Å². The minimum Gasteiger partial charge on any atom is -0.496 e. The van der Waals surface area contributed by atoms with Gasteiger partial charge in [-0.25, -0.2) is 4.39 Å². The number of hydrogen-bond acceptors (Lipinski definition) is 4. The first-order valence-electron chi connectivity index (χ1n) is 9.57. The van der Waals surface area contributed by atoms with Gasteiger partial charge < -0.3 is 14.5 Å². The van der Waals surface area contributed by atoms with Crippen molar-refractivity contribution in [2.75, 3.05) is 51.8 Å². The number of carbonyl (C=O) groups excluding carboxylic acids is 1. The number of methoxy groups -OCH3 is 1. The van der Waals surface area contributed by atoms with Crippen LogP contribution in [-0.4, -0.2) is 62.6 Å². The summed E-state index contributed by atoms with van der Waals surface area (Å²) in [4.78, 5) is 18.6. The standard InChI is InChI=1S/C22H28FN3O2/c1-17-8-9-21(28-3)18(14-17)15-24(2)16-22(27)26-12-10-25(11-13-26)20-7-5-4-6-19(20)23/h4-9,14H,10-13,15-16H2,1-3H3. The van der Waals surface area contributed by atoms with E-state index in [9.17, 15) is 9.18 Å². The molecule has 2 aromatic carbocycles. The van der Waals surface area contributed by atoms with Crippen molar-refractivity contribution in [2.45, 2.75) is 13.5 Å². The van der Waals surface area contributed by atoms with E-state index in [-0.39, 0.29) is 11.7 Å². The number of halogens is 1. The summed E-state index contributed by atoms with van der Waals surface area (Å²) < 4.78 is 19.4. The molecule has 0 spiro atoms. The number of carbonyl (C=O) groups is 1. The van der Waals surface area contributed by atoms with Crippen LogP contribution in [0.5, 0.6) is 5.75 Å². The van der Waals surface area contributed by atoms with Crippen LogP contribution in [0, 0.1) is 12.7 Å². The first-order chi connectivity index (χ1) is 13.5. The molecule has 0 N–H and O–H groups in total. The number of hydrogen-bond donors (Lipinski definition) is 0. The van der Waals surface area contributed by atoms with Crippen molar-refractivity contribution in [1.82, 2.24) is 9.80 Å². The Kier molecular flexibility index (Phi) is 6.52. The summed E-state index contributed by atoms with van der Waals surface area (Å²) in [5.74, 6) is 0.722. The van der Waals surface area contributed by atoms with E-state index in [1.165, 1.54) is 11.6 Å². The molecule has 3 rings (SSSR count). The number of piperazine rings is 1. The van der Waals surface area contributed by atoms with Gasteiger partial charge in [0.2, 0.25) is 5.91 Å². The molecular formula is C22H28FN3O2. The first kappa shape index (κ1) is 20.1.